The minimum atomic E-state index is -4.67. The van der Waals surface area contributed by atoms with Crippen LogP contribution >= 0.6 is 0 Å². The molecule has 0 aliphatic rings. The molecular weight excluding hydrogens is 417 g/mol. The van der Waals surface area contributed by atoms with Crippen LogP contribution in [0.4, 0.5) is 18.9 Å². The van der Waals surface area contributed by atoms with Gasteiger partial charge in [0.25, 0.3) is 10.0 Å². The van der Waals surface area contributed by atoms with Crippen molar-refractivity contribution >= 4 is 25.7 Å². The third-order valence-corrected chi connectivity index (χ3v) is 7.36. The summed E-state index contributed by atoms with van der Waals surface area (Å²) >= 11 is 0. The van der Waals surface area contributed by atoms with Gasteiger partial charge in [0.05, 0.1) is 15.4 Å². The summed E-state index contributed by atoms with van der Waals surface area (Å²) in [7, 11) is -7.98. The van der Waals surface area contributed by atoms with Gasteiger partial charge in [-0.15, -0.1) is 0 Å². The number of hydrogen-bond donors (Lipinski definition) is 1. The van der Waals surface area contributed by atoms with E-state index in [1.807, 2.05) is 0 Å². The maximum Gasteiger partial charge on any atom is 0.416 e. The molecule has 0 aliphatic carbocycles. The third-order valence-electron chi connectivity index (χ3n) is 3.92. The molecule has 154 valence electrons. The Morgan fingerprint density at radius 2 is 1.46 bits per heavy atom. The molecule has 0 amide bonds. The number of nitrogens with one attached hydrogen (secondary N) is 1. The fourth-order valence-electron chi connectivity index (χ4n) is 2.46. The van der Waals surface area contributed by atoms with Gasteiger partial charge in [-0.2, -0.15) is 17.5 Å². The Balaban J connectivity index is 2.29. The minimum absolute atomic E-state index is 0.0155. The molecule has 6 nitrogen and oxygen atoms in total. The standard InChI is InChI=1S/C17H19F3N2O4S2/c1-3-22(4-2)28(25,26)15-10-8-14(9-11-15)21-27(23,24)16-7-5-6-13(12-16)17(18,19)20/h5-12,21H,3-4H2,1-2H3. The van der Waals surface area contributed by atoms with Crippen LogP contribution < -0.4 is 4.72 Å². The number of anilines is 1. The van der Waals surface area contributed by atoms with Gasteiger partial charge >= 0.3 is 6.18 Å². The van der Waals surface area contributed by atoms with Crippen LogP contribution in [0.3, 0.4) is 0 Å². The second kappa shape index (κ2) is 8.10. The topological polar surface area (TPSA) is 83.6 Å². The van der Waals surface area contributed by atoms with Gasteiger partial charge in [0.15, 0.2) is 0 Å². The molecule has 0 fully saturated rings. The zero-order valence-electron chi connectivity index (χ0n) is 15.1. The first-order valence-electron chi connectivity index (χ1n) is 8.22. The molecular formula is C17H19F3N2O4S2. The van der Waals surface area contributed by atoms with E-state index in [1.54, 1.807) is 13.8 Å². The number of alkyl halides is 3. The van der Waals surface area contributed by atoms with Crippen molar-refractivity contribution in [1.29, 1.82) is 0 Å². The molecule has 0 saturated carbocycles. The average Bonchev–Trinajstić information content (AvgIpc) is 2.62. The lowest BCUT2D eigenvalue weighted by Gasteiger charge is -2.18. The van der Waals surface area contributed by atoms with E-state index in [0.717, 1.165) is 18.2 Å². The number of halogens is 3. The van der Waals surface area contributed by atoms with E-state index in [9.17, 15) is 30.0 Å². The van der Waals surface area contributed by atoms with Crippen LogP contribution in [0.15, 0.2) is 58.3 Å². The van der Waals surface area contributed by atoms with E-state index in [4.69, 9.17) is 0 Å². The summed E-state index contributed by atoms with van der Waals surface area (Å²) in [6.07, 6.45) is -4.67. The third kappa shape index (κ3) is 4.83. The highest BCUT2D eigenvalue weighted by atomic mass is 32.2. The quantitative estimate of drug-likeness (QED) is 0.720. The summed E-state index contributed by atoms with van der Waals surface area (Å²) in [5.74, 6) is 0. The van der Waals surface area contributed by atoms with Gasteiger partial charge in [0.2, 0.25) is 10.0 Å². The van der Waals surface area contributed by atoms with Crippen molar-refractivity contribution in [3.05, 3.63) is 54.1 Å². The van der Waals surface area contributed by atoms with Crippen LogP contribution in [-0.2, 0) is 26.2 Å². The molecule has 0 aromatic heterocycles. The van der Waals surface area contributed by atoms with Crippen molar-refractivity contribution in [2.24, 2.45) is 0 Å². The van der Waals surface area contributed by atoms with Crippen molar-refractivity contribution in [2.45, 2.75) is 29.8 Å². The molecule has 0 saturated heterocycles. The van der Waals surface area contributed by atoms with Crippen molar-refractivity contribution in [2.75, 3.05) is 17.8 Å². The Hall–Kier alpha value is -2.11. The average molecular weight is 436 g/mol. The highest BCUT2D eigenvalue weighted by molar-refractivity contribution is 7.92. The first kappa shape index (κ1) is 22.2. The largest absolute Gasteiger partial charge is 0.416 e. The van der Waals surface area contributed by atoms with Crippen molar-refractivity contribution < 1.29 is 30.0 Å². The van der Waals surface area contributed by atoms with Crippen LogP contribution in [0, 0.1) is 0 Å². The van der Waals surface area contributed by atoms with E-state index in [0.29, 0.717) is 6.07 Å². The SMILES string of the molecule is CCN(CC)S(=O)(=O)c1ccc(NS(=O)(=O)c2cccc(C(F)(F)F)c2)cc1. The van der Waals surface area contributed by atoms with E-state index >= 15 is 0 Å². The molecule has 11 heteroatoms. The molecule has 1 N–H and O–H groups in total. The first-order chi connectivity index (χ1) is 12.9. The van der Waals surface area contributed by atoms with Gasteiger partial charge in [-0.3, -0.25) is 4.72 Å². The molecule has 0 radical (unpaired) electrons. The number of sulfonamides is 2. The Morgan fingerprint density at radius 1 is 0.893 bits per heavy atom. The molecule has 2 aromatic rings. The molecule has 0 spiro atoms. The molecule has 2 aromatic carbocycles. The lowest BCUT2D eigenvalue weighted by Crippen LogP contribution is -2.30. The maximum absolute atomic E-state index is 12.8. The highest BCUT2D eigenvalue weighted by Gasteiger charge is 2.31. The molecule has 0 aliphatic heterocycles. The fraction of sp³-hybridized carbons (Fsp3) is 0.294. The maximum atomic E-state index is 12.8. The monoisotopic (exact) mass is 436 g/mol. The second-order valence-corrected chi connectivity index (χ2v) is 9.37. The Labute approximate surface area is 162 Å². The fourth-order valence-corrected chi connectivity index (χ4v) is 5.02. The molecule has 0 unspecified atom stereocenters. The normalized spacial score (nSPS) is 12.9. The summed E-state index contributed by atoms with van der Waals surface area (Å²) < 4.78 is 91.3. The van der Waals surface area contributed by atoms with Gasteiger partial charge in [-0.1, -0.05) is 19.9 Å². The summed E-state index contributed by atoms with van der Waals surface area (Å²) in [5, 5.41) is 0. The first-order valence-corrected chi connectivity index (χ1v) is 11.1. The van der Waals surface area contributed by atoms with Crippen LogP contribution in [0.25, 0.3) is 0 Å². The molecule has 2 rings (SSSR count). The summed E-state index contributed by atoms with van der Waals surface area (Å²) in [5.41, 5.74) is -1.06. The Bertz CT molecular complexity index is 1030. The van der Waals surface area contributed by atoms with Crippen molar-refractivity contribution in [1.82, 2.24) is 4.31 Å². The Kier molecular flexibility index (Phi) is 6.41. The lowest BCUT2D eigenvalue weighted by atomic mass is 10.2. The minimum Gasteiger partial charge on any atom is -0.280 e. The van der Waals surface area contributed by atoms with Gasteiger partial charge in [0, 0.05) is 18.8 Å². The smallest absolute Gasteiger partial charge is 0.280 e. The van der Waals surface area contributed by atoms with Crippen LogP contribution in [0.1, 0.15) is 19.4 Å². The summed E-state index contributed by atoms with van der Waals surface area (Å²) in [6, 6.07) is 8.28. The lowest BCUT2D eigenvalue weighted by molar-refractivity contribution is -0.137. The highest BCUT2D eigenvalue weighted by Crippen LogP contribution is 2.31. The number of rotatable bonds is 7. The van der Waals surface area contributed by atoms with E-state index in [1.165, 1.54) is 28.6 Å². The van der Waals surface area contributed by atoms with Crippen LogP contribution in [0.5, 0.6) is 0 Å². The predicted octanol–water partition coefficient (Wildman–Crippen LogP) is 3.54. The second-order valence-electron chi connectivity index (χ2n) is 5.74. The van der Waals surface area contributed by atoms with Crippen LogP contribution in [0.2, 0.25) is 0 Å². The van der Waals surface area contributed by atoms with Gasteiger partial charge < -0.3 is 0 Å². The molecule has 0 atom stereocenters. The van der Waals surface area contributed by atoms with Crippen molar-refractivity contribution in [3.8, 4) is 0 Å². The van der Waals surface area contributed by atoms with Gasteiger partial charge in [0.1, 0.15) is 0 Å². The number of nitrogens with zero attached hydrogens (tertiary/aromatic N) is 1. The summed E-state index contributed by atoms with van der Waals surface area (Å²) in [6.45, 7) is 3.95. The molecule has 28 heavy (non-hydrogen) atoms. The predicted molar refractivity (Wildman–Crippen MR) is 98.8 cm³/mol. The van der Waals surface area contributed by atoms with E-state index in [2.05, 4.69) is 4.72 Å². The van der Waals surface area contributed by atoms with Crippen LogP contribution in [-0.4, -0.2) is 34.2 Å². The zero-order chi connectivity index (χ0) is 21.2. The molecule has 0 heterocycles. The zero-order valence-corrected chi connectivity index (χ0v) is 16.7. The van der Waals surface area contributed by atoms with Gasteiger partial charge in [-0.25, -0.2) is 16.8 Å². The van der Waals surface area contributed by atoms with E-state index in [-0.39, 0.29) is 23.7 Å². The summed E-state index contributed by atoms with van der Waals surface area (Å²) in [4.78, 5) is -0.569. The Morgan fingerprint density at radius 3 is 1.96 bits per heavy atom. The number of benzene rings is 2. The van der Waals surface area contributed by atoms with E-state index < -0.39 is 36.7 Å². The van der Waals surface area contributed by atoms with Gasteiger partial charge in [-0.05, 0) is 42.5 Å². The number of hydrogen-bond acceptors (Lipinski definition) is 4. The van der Waals surface area contributed by atoms with Crippen molar-refractivity contribution in [3.63, 3.8) is 0 Å². The molecule has 0 bridgehead atoms.